The average molecular weight is 375 g/mol. The maximum absolute atomic E-state index is 12.7. The summed E-state index contributed by atoms with van der Waals surface area (Å²) in [6.45, 7) is 3.75. The first-order valence-electron chi connectivity index (χ1n) is 8.34. The summed E-state index contributed by atoms with van der Waals surface area (Å²) in [4.78, 5) is 11.8. The molecular formula is C19H21NO5S. The molecule has 3 rings (SSSR count). The highest BCUT2D eigenvalue weighted by Gasteiger charge is 2.63. The number of carboxylic acids is 1. The molecule has 0 spiro atoms. The van der Waals surface area contributed by atoms with Crippen molar-refractivity contribution < 1.29 is 23.1 Å². The zero-order valence-corrected chi connectivity index (χ0v) is 15.4. The van der Waals surface area contributed by atoms with E-state index in [4.69, 9.17) is 4.74 Å². The number of ether oxygens (including phenoxy) is 1. The molecule has 0 aromatic heterocycles. The lowest BCUT2D eigenvalue weighted by Crippen LogP contribution is -2.44. The Morgan fingerprint density at radius 1 is 1.15 bits per heavy atom. The number of carboxylic acid groups (broad SMARTS) is 1. The maximum Gasteiger partial charge on any atom is 0.325 e. The van der Waals surface area contributed by atoms with Crippen molar-refractivity contribution in [1.82, 2.24) is 4.72 Å². The molecule has 1 aliphatic carbocycles. The molecule has 26 heavy (non-hydrogen) atoms. The molecule has 1 saturated carbocycles. The molecule has 2 unspecified atom stereocenters. The van der Waals surface area contributed by atoms with E-state index in [9.17, 15) is 18.3 Å². The first-order chi connectivity index (χ1) is 12.2. The van der Waals surface area contributed by atoms with Gasteiger partial charge in [0.1, 0.15) is 11.3 Å². The Kier molecular flexibility index (Phi) is 4.77. The Hall–Kier alpha value is -2.38. The van der Waals surface area contributed by atoms with Gasteiger partial charge in [-0.2, -0.15) is 4.72 Å². The van der Waals surface area contributed by atoms with Gasteiger partial charge >= 0.3 is 5.97 Å². The van der Waals surface area contributed by atoms with Gasteiger partial charge in [-0.15, -0.1) is 0 Å². The molecule has 2 N–H and O–H groups in total. The van der Waals surface area contributed by atoms with Crippen molar-refractivity contribution >= 4 is 16.0 Å². The highest BCUT2D eigenvalue weighted by atomic mass is 32.2. The molecule has 6 nitrogen and oxygen atoms in total. The summed E-state index contributed by atoms with van der Waals surface area (Å²) >= 11 is 0. The van der Waals surface area contributed by atoms with E-state index in [1.807, 2.05) is 44.2 Å². The highest BCUT2D eigenvalue weighted by molar-refractivity contribution is 7.89. The van der Waals surface area contributed by atoms with E-state index in [-0.39, 0.29) is 23.3 Å². The third kappa shape index (κ3) is 3.59. The van der Waals surface area contributed by atoms with Crippen LogP contribution in [0, 0.1) is 0 Å². The number of sulfonamides is 1. The van der Waals surface area contributed by atoms with Crippen LogP contribution in [0.2, 0.25) is 0 Å². The van der Waals surface area contributed by atoms with E-state index in [2.05, 4.69) is 4.72 Å². The van der Waals surface area contributed by atoms with Crippen molar-refractivity contribution in [2.75, 3.05) is 0 Å². The Balaban J connectivity index is 1.82. The van der Waals surface area contributed by atoms with E-state index < -0.39 is 21.5 Å². The number of hydrogen-bond donors (Lipinski definition) is 2. The third-order valence-corrected chi connectivity index (χ3v) is 5.89. The van der Waals surface area contributed by atoms with Crippen LogP contribution < -0.4 is 9.46 Å². The van der Waals surface area contributed by atoms with Crippen LogP contribution in [0.5, 0.6) is 5.75 Å². The van der Waals surface area contributed by atoms with Gasteiger partial charge in [0.2, 0.25) is 10.0 Å². The SMILES string of the molecule is CC(C)Oc1ccc(S(=O)(=O)NC2(C(=O)O)CC2c2ccccc2)cc1. The fraction of sp³-hybridized carbons (Fsp3) is 0.316. The van der Waals surface area contributed by atoms with Crippen LogP contribution >= 0.6 is 0 Å². The van der Waals surface area contributed by atoms with Gasteiger partial charge in [0.15, 0.2) is 0 Å². The van der Waals surface area contributed by atoms with E-state index in [0.29, 0.717) is 5.75 Å². The van der Waals surface area contributed by atoms with Gasteiger partial charge in [0.05, 0.1) is 11.0 Å². The summed E-state index contributed by atoms with van der Waals surface area (Å²) < 4.78 is 33.3. The second-order valence-corrected chi connectivity index (χ2v) is 8.37. The Morgan fingerprint density at radius 2 is 1.77 bits per heavy atom. The molecule has 1 fully saturated rings. The van der Waals surface area contributed by atoms with E-state index in [0.717, 1.165) is 5.56 Å². The van der Waals surface area contributed by atoms with Crippen LogP contribution in [0.25, 0.3) is 0 Å². The summed E-state index contributed by atoms with van der Waals surface area (Å²) in [5, 5.41) is 9.64. The second kappa shape index (κ2) is 6.74. The minimum atomic E-state index is -3.97. The monoisotopic (exact) mass is 375 g/mol. The van der Waals surface area contributed by atoms with Crippen LogP contribution in [0.3, 0.4) is 0 Å². The van der Waals surface area contributed by atoms with Crippen LogP contribution in [-0.4, -0.2) is 31.1 Å². The second-order valence-electron chi connectivity index (χ2n) is 6.69. The minimum Gasteiger partial charge on any atom is -0.491 e. The van der Waals surface area contributed by atoms with Gasteiger partial charge in [-0.25, -0.2) is 8.42 Å². The van der Waals surface area contributed by atoms with Crippen molar-refractivity contribution in [2.45, 2.75) is 42.7 Å². The number of carbonyl (C=O) groups is 1. The molecule has 1 aliphatic rings. The summed E-state index contributed by atoms with van der Waals surface area (Å²) in [5.41, 5.74) is -0.703. The fourth-order valence-corrected chi connectivity index (χ4v) is 4.42. The van der Waals surface area contributed by atoms with Crippen LogP contribution in [-0.2, 0) is 14.8 Å². The minimum absolute atomic E-state index is 0.00735. The normalized spacial score (nSPS) is 22.2. The van der Waals surface area contributed by atoms with Gasteiger partial charge in [-0.3, -0.25) is 4.79 Å². The van der Waals surface area contributed by atoms with Crippen molar-refractivity contribution in [3.8, 4) is 5.75 Å². The summed E-state index contributed by atoms with van der Waals surface area (Å²) in [5.74, 6) is -1.00. The van der Waals surface area contributed by atoms with Gasteiger partial charge in [-0.1, -0.05) is 30.3 Å². The fourth-order valence-electron chi connectivity index (χ4n) is 3.01. The summed E-state index contributed by atoms with van der Waals surface area (Å²) in [6.07, 6.45) is 0.198. The van der Waals surface area contributed by atoms with Crippen LogP contribution in [0.1, 0.15) is 31.7 Å². The topological polar surface area (TPSA) is 92.7 Å². The first kappa shape index (κ1) is 18.4. The standard InChI is InChI=1S/C19H21NO5S/c1-13(2)25-15-8-10-16(11-9-15)26(23,24)20-19(18(21)22)12-17(19)14-6-4-3-5-7-14/h3-11,13,17,20H,12H2,1-2H3,(H,21,22). The highest BCUT2D eigenvalue weighted by Crippen LogP contribution is 2.52. The molecule has 138 valence electrons. The Bertz CT molecular complexity index is 893. The lowest BCUT2D eigenvalue weighted by atomic mass is 10.1. The molecule has 0 amide bonds. The number of nitrogens with one attached hydrogen (secondary N) is 1. The molecule has 2 atom stereocenters. The van der Waals surface area contributed by atoms with Gasteiger partial charge in [0.25, 0.3) is 0 Å². The molecule has 7 heteroatoms. The van der Waals surface area contributed by atoms with Crippen molar-refractivity contribution in [1.29, 1.82) is 0 Å². The Morgan fingerprint density at radius 3 is 2.31 bits per heavy atom. The van der Waals surface area contributed by atoms with Gasteiger partial charge in [0, 0.05) is 5.92 Å². The number of hydrogen-bond acceptors (Lipinski definition) is 4. The van der Waals surface area contributed by atoms with E-state index in [1.54, 1.807) is 12.1 Å². The molecular weight excluding hydrogens is 354 g/mol. The quantitative estimate of drug-likeness (QED) is 0.776. The average Bonchev–Trinajstić information content (AvgIpc) is 3.30. The predicted octanol–water partition coefficient (Wildman–Crippen LogP) is 2.76. The van der Waals surface area contributed by atoms with Crippen LogP contribution in [0.4, 0.5) is 0 Å². The first-order valence-corrected chi connectivity index (χ1v) is 9.82. The molecule has 2 aromatic rings. The summed E-state index contributed by atoms with van der Waals surface area (Å²) in [6, 6.07) is 15.0. The molecule has 0 heterocycles. The van der Waals surface area contributed by atoms with Gasteiger partial charge in [-0.05, 0) is 50.1 Å². The number of benzene rings is 2. The maximum atomic E-state index is 12.7. The zero-order chi connectivity index (χ0) is 18.9. The molecule has 0 aliphatic heterocycles. The zero-order valence-electron chi connectivity index (χ0n) is 14.5. The lowest BCUT2D eigenvalue weighted by molar-refractivity contribution is -0.140. The van der Waals surface area contributed by atoms with Crippen molar-refractivity contribution in [3.63, 3.8) is 0 Å². The van der Waals surface area contributed by atoms with E-state index in [1.165, 1.54) is 12.1 Å². The smallest absolute Gasteiger partial charge is 0.325 e. The number of rotatable bonds is 7. The van der Waals surface area contributed by atoms with E-state index >= 15 is 0 Å². The Labute approximate surface area is 152 Å². The van der Waals surface area contributed by atoms with Crippen LogP contribution in [0.15, 0.2) is 59.5 Å². The molecule has 2 aromatic carbocycles. The largest absolute Gasteiger partial charge is 0.491 e. The number of aliphatic carboxylic acids is 1. The third-order valence-electron chi connectivity index (χ3n) is 4.37. The molecule has 0 saturated heterocycles. The van der Waals surface area contributed by atoms with Crippen molar-refractivity contribution in [2.24, 2.45) is 0 Å². The molecule has 0 bridgehead atoms. The predicted molar refractivity (Wildman–Crippen MR) is 96.7 cm³/mol. The van der Waals surface area contributed by atoms with Gasteiger partial charge < -0.3 is 9.84 Å². The molecule has 0 radical (unpaired) electrons. The summed E-state index contributed by atoms with van der Waals surface area (Å²) in [7, 11) is -3.97. The van der Waals surface area contributed by atoms with Crippen molar-refractivity contribution in [3.05, 3.63) is 60.2 Å². The lowest BCUT2D eigenvalue weighted by Gasteiger charge is -2.16.